The van der Waals surface area contributed by atoms with E-state index in [1.807, 2.05) is 0 Å². The highest BCUT2D eigenvalue weighted by Crippen LogP contribution is 2.38. The molecule has 0 aromatic carbocycles. The maximum absolute atomic E-state index is 12.3. The van der Waals surface area contributed by atoms with E-state index >= 15 is 0 Å². The summed E-state index contributed by atoms with van der Waals surface area (Å²) in [5.74, 6) is -4.58. The van der Waals surface area contributed by atoms with Crippen LogP contribution >= 0.6 is 15.9 Å². The van der Waals surface area contributed by atoms with Gasteiger partial charge in [0.05, 0.1) is 0 Å². The molecular weight excluding hydrogens is 283 g/mol. The molecule has 0 saturated heterocycles. The first kappa shape index (κ1) is 14.9. The lowest BCUT2D eigenvalue weighted by molar-refractivity contribution is -0.283. The minimum Gasteiger partial charge on any atom is -0.196 e. The molecule has 0 radical (unpaired) electrons. The molecule has 0 aliphatic rings. The molecule has 0 atom stereocenters. The van der Waals surface area contributed by atoms with Crippen LogP contribution in [0.3, 0.4) is 0 Å². The summed E-state index contributed by atoms with van der Waals surface area (Å²) in [4.78, 5) is 0. The molecule has 0 rings (SSSR count). The average Bonchev–Trinajstić information content (AvgIpc) is 2.09. The summed E-state index contributed by atoms with van der Waals surface area (Å²) in [5, 5.41) is 0.788. The predicted octanol–water partition coefficient (Wildman–Crippen LogP) is 4.70. The van der Waals surface area contributed by atoms with Gasteiger partial charge in [-0.1, -0.05) is 28.1 Å². The lowest BCUT2D eigenvalue weighted by Crippen LogP contribution is -2.35. The van der Waals surface area contributed by atoms with Crippen molar-refractivity contribution in [1.29, 1.82) is 0 Å². The van der Waals surface area contributed by atoms with Crippen LogP contribution in [0.15, 0.2) is 12.2 Å². The monoisotopic (exact) mass is 294 g/mol. The molecule has 0 fully saturated rings. The maximum Gasteiger partial charge on any atom is 0.453 e. The van der Waals surface area contributed by atoms with E-state index in [9.17, 15) is 22.0 Å². The number of hydrogen-bond acceptors (Lipinski definition) is 0. The van der Waals surface area contributed by atoms with E-state index in [2.05, 4.69) is 15.9 Å². The van der Waals surface area contributed by atoms with Crippen molar-refractivity contribution in [2.45, 2.75) is 37.8 Å². The van der Waals surface area contributed by atoms with E-state index in [0.717, 1.165) is 11.8 Å². The second-order valence-corrected chi connectivity index (χ2v) is 3.84. The zero-order valence-corrected chi connectivity index (χ0v) is 9.54. The minimum atomic E-state index is -5.43. The lowest BCUT2D eigenvalue weighted by atomic mass is 10.1. The molecule has 0 nitrogen and oxygen atoms in total. The van der Waals surface area contributed by atoms with Gasteiger partial charge in [0.1, 0.15) is 0 Å². The van der Waals surface area contributed by atoms with Crippen LogP contribution in [0.25, 0.3) is 0 Å². The second-order valence-electron chi connectivity index (χ2n) is 3.04. The number of rotatable bonds is 6. The van der Waals surface area contributed by atoms with Crippen molar-refractivity contribution < 1.29 is 22.0 Å². The fraction of sp³-hybridized carbons (Fsp3) is 0.778. The molecule has 15 heavy (non-hydrogen) atoms. The van der Waals surface area contributed by atoms with Crippen molar-refractivity contribution in [3.63, 3.8) is 0 Å². The van der Waals surface area contributed by atoms with Crippen molar-refractivity contribution in [3.8, 4) is 0 Å². The van der Waals surface area contributed by atoms with Crippen LogP contribution in [0.4, 0.5) is 22.0 Å². The van der Waals surface area contributed by atoms with Gasteiger partial charge >= 0.3 is 12.1 Å². The highest BCUT2D eigenvalue weighted by Gasteiger charge is 2.56. The van der Waals surface area contributed by atoms with Crippen LogP contribution in [0.2, 0.25) is 0 Å². The summed E-state index contributed by atoms with van der Waals surface area (Å²) in [5.41, 5.74) is 0. The van der Waals surface area contributed by atoms with Crippen LogP contribution in [-0.2, 0) is 0 Å². The Balaban J connectivity index is 3.80. The van der Waals surface area contributed by atoms with E-state index in [1.165, 1.54) is 6.08 Å². The molecule has 0 aromatic rings. The SMILES string of the molecule is FC(F)(F)C(F)(F)CCC=CCCCBr. The van der Waals surface area contributed by atoms with Crippen molar-refractivity contribution >= 4 is 15.9 Å². The predicted molar refractivity (Wildman–Crippen MR) is 52.4 cm³/mol. The number of halogens is 6. The van der Waals surface area contributed by atoms with Crippen molar-refractivity contribution in [1.82, 2.24) is 0 Å². The second kappa shape index (κ2) is 6.45. The zero-order chi connectivity index (χ0) is 11.9. The van der Waals surface area contributed by atoms with Crippen molar-refractivity contribution in [2.24, 2.45) is 0 Å². The Labute approximate surface area is 93.7 Å². The summed E-state index contributed by atoms with van der Waals surface area (Å²) < 4.78 is 59.7. The molecular formula is C9H12BrF5. The normalized spacial score (nSPS) is 13.7. The Morgan fingerprint density at radius 2 is 1.47 bits per heavy atom. The average molecular weight is 295 g/mol. The molecule has 0 amide bonds. The van der Waals surface area contributed by atoms with E-state index in [0.29, 0.717) is 6.42 Å². The van der Waals surface area contributed by atoms with Crippen LogP contribution < -0.4 is 0 Å². The number of allylic oxidation sites excluding steroid dienone is 2. The fourth-order valence-electron chi connectivity index (χ4n) is 0.837. The van der Waals surface area contributed by atoms with Gasteiger partial charge in [0.15, 0.2) is 0 Å². The van der Waals surface area contributed by atoms with E-state index in [1.54, 1.807) is 6.08 Å². The molecule has 0 heterocycles. The largest absolute Gasteiger partial charge is 0.453 e. The van der Waals surface area contributed by atoms with Crippen molar-refractivity contribution in [3.05, 3.63) is 12.2 Å². The first-order valence-electron chi connectivity index (χ1n) is 4.47. The molecule has 90 valence electrons. The van der Waals surface area contributed by atoms with Gasteiger partial charge in [-0.05, 0) is 19.3 Å². The van der Waals surface area contributed by atoms with Crippen LogP contribution in [0.5, 0.6) is 0 Å². The summed E-state index contributed by atoms with van der Waals surface area (Å²) >= 11 is 3.17. The van der Waals surface area contributed by atoms with Crippen LogP contribution in [0.1, 0.15) is 25.7 Å². The van der Waals surface area contributed by atoms with Gasteiger partial charge in [-0.3, -0.25) is 0 Å². The summed E-state index contributed by atoms with van der Waals surface area (Å²) in [7, 11) is 0. The quantitative estimate of drug-likeness (QED) is 0.288. The Hall–Kier alpha value is -0.130. The van der Waals surface area contributed by atoms with E-state index in [-0.39, 0.29) is 6.42 Å². The minimum absolute atomic E-state index is 0.255. The highest BCUT2D eigenvalue weighted by atomic mass is 79.9. The standard InChI is InChI=1S/C9H12BrF5/c10-7-5-3-1-2-4-6-8(11,12)9(13,14)15/h1-2H,3-7H2. The van der Waals surface area contributed by atoms with E-state index < -0.39 is 18.5 Å². The number of unbranched alkanes of at least 4 members (excludes halogenated alkanes) is 1. The molecule has 0 N–H and O–H groups in total. The van der Waals surface area contributed by atoms with Gasteiger partial charge in [0, 0.05) is 11.8 Å². The van der Waals surface area contributed by atoms with Crippen LogP contribution in [0, 0.1) is 0 Å². The van der Waals surface area contributed by atoms with Gasteiger partial charge in [0.2, 0.25) is 0 Å². The first-order chi connectivity index (χ1) is 6.81. The first-order valence-corrected chi connectivity index (χ1v) is 5.59. The topological polar surface area (TPSA) is 0 Å². The fourth-order valence-corrected chi connectivity index (χ4v) is 1.16. The lowest BCUT2D eigenvalue weighted by Gasteiger charge is -2.18. The third-order valence-corrected chi connectivity index (χ3v) is 2.27. The van der Waals surface area contributed by atoms with Gasteiger partial charge in [0.25, 0.3) is 0 Å². The summed E-state index contributed by atoms with van der Waals surface area (Å²) in [6, 6.07) is 0. The summed E-state index contributed by atoms with van der Waals surface area (Å²) in [6.45, 7) is 0. The molecule has 0 spiro atoms. The molecule has 0 bridgehead atoms. The Morgan fingerprint density at radius 1 is 0.933 bits per heavy atom. The van der Waals surface area contributed by atoms with Gasteiger partial charge < -0.3 is 0 Å². The third kappa shape index (κ3) is 6.12. The van der Waals surface area contributed by atoms with Crippen molar-refractivity contribution in [2.75, 3.05) is 5.33 Å². The molecule has 6 heteroatoms. The maximum atomic E-state index is 12.3. The molecule has 0 unspecified atom stereocenters. The molecule has 0 saturated carbocycles. The Kier molecular flexibility index (Phi) is 6.40. The third-order valence-electron chi connectivity index (χ3n) is 1.71. The smallest absolute Gasteiger partial charge is 0.196 e. The summed E-state index contributed by atoms with van der Waals surface area (Å²) in [6.07, 6.45) is -2.36. The molecule has 0 aromatic heterocycles. The number of hydrogen-bond donors (Lipinski definition) is 0. The zero-order valence-electron chi connectivity index (χ0n) is 7.96. The van der Waals surface area contributed by atoms with E-state index in [4.69, 9.17) is 0 Å². The Bertz CT molecular complexity index is 197. The molecule has 0 aliphatic carbocycles. The number of alkyl halides is 6. The van der Waals surface area contributed by atoms with Gasteiger partial charge in [-0.2, -0.15) is 22.0 Å². The highest BCUT2D eigenvalue weighted by molar-refractivity contribution is 9.09. The Morgan fingerprint density at radius 3 is 1.93 bits per heavy atom. The molecule has 0 aliphatic heterocycles. The van der Waals surface area contributed by atoms with Crippen LogP contribution in [-0.4, -0.2) is 17.4 Å². The van der Waals surface area contributed by atoms with Gasteiger partial charge in [-0.15, -0.1) is 0 Å². The van der Waals surface area contributed by atoms with Gasteiger partial charge in [-0.25, -0.2) is 0 Å².